The van der Waals surface area contributed by atoms with Crippen LogP contribution in [-0.2, 0) is 6.61 Å². The number of rotatable bonds is 9. The first-order valence-corrected chi connectivity index (χ1v) is 12.8. The minimum Gasteiger partial charge on any atom is -0.490 e. The van der Waals surface area contributed by atoms with Gasteiger partial charge in [0.25, 0.3) is 0 Å². The van der Waals surface area contributed by atoms with Gasteiger partial charge in [-0.05, 0) is 70.9 Å². The summed E-state index contributed by atoms with van der Waals surface area (Å²) in [5, 5.41) is 10.6. The van der Waals surface area contributed by atoms with Crippen LogP contribution in [0.1, 0.15) is 23.6 Å². The Kier molecular flexibility index (Phi) is 7.68. The van der Waals surface area contributed by atoms with Crippen LogP contribution in [0.2, 0.25) is 5.02 Å². The zero-order valence-electron chi connectivity index (χ0n) is 20.1. The predicted molar refractivity (Wildman–Crippen MR) is 147 cm³/mol. The number of ether oxygens (including phenoxy) is 2. The highest BCUT2D eigenvalue weighted by Gasteiger charge is 2.26. The van der Waals surface area contributed by atoms with Gasteiger partial charge in [0, 0.05) is 16.8 Å². The van der Waals surface area contributed by atoms with E-state index in [1.54, 1.807) is 36.5 Å². The van der Waals surface area contributed by atoms with E-state index in [9.17, 15) is 5.26 Å². The van der Waals surface area contributed by atoms with Gasteiger partial charge in [-0.25, -0.2) is 4.99 Å². The maximum atomic E-state index is 9.96. The average Bonchev–Trinajstić information content (AvgIpc) is 3.69. The number of hydrogen-bond acceptors (Lipinski definition) is 7. The van der Waals surface area contributed by atoms with Gasteiger partial charge in [0.05, 0.1) is 29.2 Å². The van der Waals surface area contributed by atoms with E-state index < -0.39 is 0 Å². The molecule has 5 aromatic rings. The Bertz CT molecular complexity index is 1620. The van der Waals surface area contributed by atoms with Crippen molar-refractivity contribution in [3.8, 4) is 40.4 Å². The topological polar surface area (TPSA) is 94.0 Å². The molecule has 2 aromatic carbocycles. The summed E-state index contributed by atoms with van der Waals surface area (Å²) >= 11 is 9.86. The Morgan fingerprint density at radius 1 is 1.03 bits per heavy atom. The Balaban J connectivity index is 1.49. The van der Waals surface area contributed by atoms with Gasteiger partial charge in [0.1, 0.15) is 24.0 Å². The van der Waals surface area contributed by atoms with Gasteiger partial charge in [-0.3, -0.25) is 0 Å². The second kappa shape index (κ2) is 11.5. The van der Waals surface area contributed by atoms with Gasteiger partial charge in [-0.2, -0.15) is 5.26 Å². The quantitative estimate of drug-likeness (QED) is 0.159. The van der Waals surface area contributed by atoms with E-state index in [-0.39, 0.29) is 18.1 Å². The summed E-state index contributed by atoms with van der Waals surface area (Å²) in [6.07, 6.45) is 4.64. The molecule has 0 aliphatic rings. The van der Waals surface area contributed by atoms with Crippen LogP contribution in [-0.4, -0.2) is 12.8 Å². The van der Waals surface area contributed by atoms with Gasteiger partial charge in [-0.15, -0.1) is 0 Å². The molecule has 0 radical (unpaired) electrons. The predicted octanol–water partition coefficient (Wildman–Crippen LogP) is 8.82. The molecular formula is C29H20BrClN2O5. The van der Waals surface area contributed by atoms with Gasteiger partial charge in [0.2, 0.25) is 5.88 Å². The summed E-state index contributed by atoms with van der Waals surface area (Å²) in [5.41, 5.74) is 2.26. The standard InChI is InChI=1S/C29H20BrClN2O5/c1-2-34-25-14-18(13-21(30)27(25)37-17-19-7-3-4-8-22(19)31)16-33-29-20(15-32)26(23-9-5-11-35-23)28(38-29)24-10-6-12-36-24/h3-14,16H,2,17H2,1H3. The van der Waals surface area contributed by atoms with Crippen molar-refractivity contribution in [1.29, 1.82) is 5.26 Å². The normalized spacial score (nSPS) is 11.1. The minimum absolute atomic E-state index is 0.124. The van der Waals surface area contributed by atoms with Gasteiger partial charge >= 0.3 is 0 Å². The van der Waals surface area contributed by atoms with Crippen molar-refractivity contribution in [2.75, 3.05) is 6.61 Å². The SMILES string of the molecule is CCOc1cc(C=Nc2oc(-c3ccco3)c(-c3ccco3)c2C#N)cc(Br)c1OCc1ccccc1Cl. The maximum absolute atomic E-state index is 9.96. The van der Waals surface area contributed by atoms with Crippen molar-refractivity contribution in [2.45, 2.75) is 13.5 Å². The fourth-order valence-electron chi connectivity index (χ4n) is 3.82. The number of nitriles is 1. The summed E-state index contributed by atoms with van der Waals surface area (Å²) in [6.45, 7) is 2.60. The highest BCUT2D eigenvalue weighted by molar-refractivity contribution is 9.10. The zero-order valence-corrected chi connectivity index (χ0v) is 22.5. The molecule has 0 fully saturated rings. The Labute approximate surface area is 232 Å². The molecule has 0 saturated carbocycles. The number of hydrogen-bond donors (Lipinski definition) is 0. The fraction of sp³-hybridized carbons (Fsp3) is 0.103. The summed E-state index contributed by atoms with van der Waals surface area (Å²) in [6, 6.07) is 20.3. The molecule has 0 bridgehead atoms. The van der Waals surface area contributed by atoms with Gasteiger partial charge in [-0.1, -0.05) is 29.8 Å². The van der Waals surface area contributed by atoms with Crippen LogP contribution in [0.5, 0.6) is 11.5 Å². The molecular weight excluding hydrogens is 572 g/mol. The molecule has 0 saturated heterocycles. The molecule has 7 nitrogen and oxygen atoms in total. The van der Waals surface area contributed by atoms with Crippen molar-refractivity contribution >= 4 is 39.6 Å². The average molecular weight is 592 g/mol. The van der Waals surface area contributed by atoms with Crippen molar-refractivity contribution in [3.05, 3.63) is 99.4 Å². The van der Waals surface area contributed by atoms with E-state index in [0.717, 1.165) is 5.56 Å². The first-order chi connectivity index (χ1) is 18.6. The van der Waals surface area contributed by atoms with Crippen LogP contribution in [0.15, 0.2) is 95.9 Å². The second-order valence-electron chi connectivity index (χ2n) is 7.95. The monoisotopic (exact) mass is 590 g/mol. The molecule has 5 rings (SSSR count). The molecule has 0 atom stereocenters. The van der Waals surface area contributed by atoms with Crippen LogP contribution >= 0.6 is 27.5 Å². The summed E-state index contributed by atoms with van der Waals surface area (Å²) in [4.78, 5) is 4.49. The summed E-state index contributed by atoms with van der Waals surface area (Å²) in [7, 11) is 0. The second-order valence-corrected chi connectivity index (χ2v) is 9.22. The maximum Gasteiger partial charge on any atom is 0.238 e. The molecule has 38 heavy (non-hydrogen) atoms. The Hall–Kier alpha value is -4.19. The molecule has 0 unspecified atom stereocenters. The molecule has 0 aliphatic carbocycles. The molecule has 0 spiro atoms. The molecule has 0 amide bonds. The van der Waals surface area contributed by atoms with Crippen molar-refractivity contribution < 1.29 is 22.7 Å². The third kappa shape index (κ3) is 5.25. The Morgan fingerprint density at radius 2 is 1.79 bits per heavy atom. The van der Waals surface area contributed by atoms with Crippen LogP contribution in [0.4, 0.5) is 5.88 Å². The van der Waals surface area contributed by atoms with E-state index >= 15 is 0 Å². The fourth-order valence-corrected chi connectivity index (χ4v) is 4.58. The van der Waals surface area contributed by atoms with Gasteiger partial charge in [0.15, 0.2) is 23.0 Å². The molecule has 190 valence electrons. The number of benzene rings is 2. The largest absolute Gasteiger partial charge is 0.490 e. The number of nitrogens with zero attached hydrogens (tertiary/aromatic N) is 2. The van der Waals surface area contributed by atoms with Crippen molar-refractivity contribution in [2.24, 2.45) is 4.99 Å². The zero-order chi connectivity index (χ0) is 26.5. The highest BCUT2D eigenvalue weighted by Crippen LogP contribution is 2.43. The number of aliphatic imine (C=N–C) groups is 1. The molecule has 3 heterocycles. The summed E-state index contributed by atoms with van der Waals surface area (Å²) < 4.78 is 29.7. The van der Waals surface area contributed by atoms with Gasteiger partial charge < -0.3 is 22.7 Å². The van der Waals surface area contributed by atoms with Crippen LogP contribution in [0.3, 0.4) is 0 Å². The first kappa shape index (κ1) is 25.5. The van der Waals surface area contributed by atoms with E-state index in [1.807, 2.05) is 37.3 Å². The lowest BCUT2D eigenvalue weighted by atomic mass is 10.1. The van der Waals surface area contributed by atoms with E-state index in [4.69, 9.17) is 34.3 Å². The molecule has 0 N–H and O–H groups in total. The van der Waals surface area contributed by atoms with Crippen LogP contribution in [0, 0.1) is 11.3 Å². The van der Waals surface area contributed by atoms with E-state index in [2.05, 4.69) is 27.0 Å². The lowest BCUT2D eigenvalue weighted by Crippen LogP contribution is -2.02. The third-order valence-corrected chi connectivity index (χ3v) is 6.46. The van der Waals surface area contributed by atoms with E-state index in [1.165, 1.54) is 12.5 Å². The molecule has 0 aliphatic heterocycles. The van der Waals surface area contributed by atoms with Crippen LogP contribution < -0.4 is 9.47 Å². The lowest BCUT2D eigenvalue weighted by molar-refractivity contribution is 0.267. The summed E-state index contributed by atoms with van der Waals surface area (Å²) in [5.74, 6) is 2.48. The van der Waals surface area contributed by atoms with Crippen molar-refractivity contribution in [1.82, 2.24) is 0 Å². The van der Waals surface area contributed by atoms with Crippen LogP contribution in [0.25, 0.3) is 22.8 Å². The number of furan rings is 3. The van der Waals surface area contributed by atoms with Crippen molar-refractivity contribution in [3.63, 3.8) is 0 Å². The number of halogens is 2. The Morgan fingerprint density at radius 3 is 2.47 bits per heavy atom. The minimum atomic E-state index is 0.124. The molecule has 3 aromatic heterocycles. The third-order valence-electron chi connectivity index (χ3n) is 5.51. The van der Waals surface area contributed by atoms with E-state index in [0.29, 0.717) is 56.0 Å². The smallest absolute Gasteiger partial charge is 0.238 e. The molecule has 9 heteroatoms. The lowest BCUT2D eigenvalue weighted by Gasteiger charge is -2.15. The highest BCUT2D eigenvalue weighted by atomic mass is 79.9. The first-order valence-electron chi connectivity index (χ1n) is 11.6.